The van der Waals surface area contributed by atoms with Crippen LogP contribution in [0.4, 0.5) is 11.5 Å². The van der Waals surface area contributed by atoms with Crippen LogP contribution in [0.1, 0.15) is 29.8 Å². The monoisotopic (exact) mass is 279 g/mol. The van der Waals surface area contributed by atoms with Crippen LogP contribution in [-0.4, -0.2) is 42.9 Å². The molecule has 6 heteroatoms. The lowest BCUT2D eigenvalue weighted by atomic mass is 9.95. The van der Waals surface area contributed by atoms with Crippen LogP contribution in [0.2, 0.25) is 0 Å². The molecule has 0 amide bonds. The Balaban J connectivity index is 2.20. The Morgan fingerprint density at radius 2 is 2.40 bits per heavy atom. The fourth-order valence-corrected chi connectivity index (χ4v) is 2.61. The van der Waals surface area contributed by atoms with Gasteiger partial charge in [-0.2, -0.15) is 0 Å². The third kappa shape index (κ3) is 3.19. The van der Waals surface area contributed by atoms with Gasteiger partial charge in [-0.3, -0.25) is 0 Å². The molecular formula is C14H21N3O3. The van der Waals surface area contributed by atoms with Crippen molar-refractivity contribution in [3.05, 3.63) is 17.8 Å². The maximum atomic E-state index is 11.5. The summed E-state index contributed by atoms with van der Waals surface area (Å²) >= 11 is 0. The molecule has 0 aliphatic carbocycles. The first kappa shape index (κ1) is 14.6. The minimum atomic E-state index is -0.463. The van der Waals surface area contributed by atoms with E-state index < -0.39 is 5.97 Å². The van der Waals surface area contributed by atoms with Gasteiger partial charge in [-0.1, -0.05) is 0 Å². The van der Waals surface area contributed by atoms with Crippen molar-refractivity contribution in [1.82, 2.24) is 4.98 Å². The second-order valence-corrected chi connectivity index (χ2v) is 5.07. The Morgan fingerprint density at radius 1 is 1.60 bits per heavy atom. The average Bonchev–Trinajstić information content (AvgIpc) is 2.47. The SMILES string of the molecule is COC(=O)c1ccc(N)c(N2CCCC(CCO)C2)n1. The Kier molecular flexibility index (Phi) is 4.79. The number of ether oxygens (including phenoxy) is 1. The number of methoxy groups -OCH3 is 1. The van der Waals surface area contributed by atoms with Crippen molar-refractivity contribution in [2.24, 2.45) is 5.92 Å². The van der Waals surface area contributed by atoms with Gasteiger partial charge >= 0.3 is 5.97 Å². The van der Waals surface area contributed by atoms with E-state index in [1.54, 1.807) is 12.1 Å². The summed E-state index contributed by atoms with van der Waals surface area (Å²) < 4.78 is 4.68. The third-order valence-corrected chi connectivity index (χ3v) is 3.66. The van der Waals surface area contributed by atoms with Crippen LogP contribution in [0.25, 0.3) is 0 Å². The third-order valence-electron chi connectivity index (χ3n) is 3.66. The van der Waals surface area contributed by atoms with Crippen molar-refractivity contribution in [1.29, 1.82) is 0 Å². The zero-order chi connectivity index (χ0) is 14.5. The smallest absolute Gasteiger partial charge is 0.356 e. The molecule has 1 unspecified atom stereocenters. The highest BCUT2D eigenvalue weighted by Crippen LogP contribution is 2.27. The molecule has 0 aromatic carbocycles. The number of aromatic nitrogens is 1. The number of nitrogens with zero attached hydrogens (tertiary/aromatic N) is 2. The molecule has 6 nitrogen and oxygen atoms in total. The first-order valence-electron chi connectivity index (χ1n) is 6.86. The van der Waals surface area contributed by atoms with Gasteiger partial charge in [0, 0.05) is 19.7 Å². The molecule has 20 heavy (non-hydrogen) atoms. The normalized spacial score (nSPS) is 18.9. The largest absolute Gasteiger partial charge is 0.464 e. The van der Waals surface area contributed by atoms with E-state index in [4.69, 9.17) is 10.8 Å². The Labute approximate surface area is 118 Å². The van der Waals surface area contributed by atoms with E-state index in [0.717, 1.165) is 32.4 Å². The average molecular weight is 279 g/mol. The fraction of sp³-hybridized carbons (Fsp3) is 0.571. The van der Waals surface area contributed by atoms with Crippen LogP contribution < -0.4 is 10.6 Å². The maximum absolute atomic E-state index is 11.5. The van der Waals surface area contributed by atoms with E-state index in [9.17, 15) is 4.79 Å². The molecule has 1 aromatic heterocycles. The first-order chi connectivity index (χ1) is 9.65. The molecule has 0 bridgehead atoms. The molecule has 3 N–H and O–H groups in total. The summed E-state index contributed by atoms with van der Waals surface area (Å²) in [4.78, 5) is 18.0. The summed E-state index contributed by atoms with van der Waals surface area (Å²) in [5.41, 5.74) is 6.80. The van der Waals surface area contributed by atoms with Gasteiger partial charge in [-0.05, 0) is 37.3 Å². The molecule has 0 radical (unpaired) electrons. The highest BCUT2D eigenvalue weighted by molar-refractivity contribution is 5.88. The number of rotatable bonds is 4. The van der Waals surface area contributed by atoms with Crippen molar-refractivity contribution < 1.29 is 14.6 Å². The first-order valence-corrected chi connectivity index (χ1v) is 6.86. The molecule has 0 spiro atoms. The van der Waals surface area contributed by atoms with Gasteiger partial charge in [0.05, 0.1) is 12.8 Å². The van der Waals surface area contributed by atoms with Gasteiger partial charge < -0.3 is 20.5 Å². The van der Waals surface area contributed by atoms with E-state index >= 15 is 0 Å². The minimum Gasteiger partial charge on any atom is -0.464 e. The number of nitrogens with two attached hydrogens (primary N) is 1. The number of aliphatic hydroxyl groups excluding tert-OH is 1. The Bertz CT molecular complexity index is 477. The van der Waals surface area contributed by atoms with Crippen LogP contribution in [-0.2, 0) is 4.74 Å². The van der Waals surface area contributed by atoms with Gasteiger partial charge in [0.15, 0.2) is 11.5 Å². The lowest BCUT2D eigenvalue weighted by molar-refractivity contribution is 0.0594. The van der Waals surface area contributed by atoms with Crippen molar-refractivity contribution in [2.75, 3.05) is 37.4 Å². The lowest BCUT2D eigenvalue weighted by Crippen LogP contribution is -2.37. The van der Waals surface area contributed by atoms with E-state index in [0.29, 0.717) is 17.4 Å². The molecule has 1 aliphatic rings. The van der Waals surface area contributed by atoms with Crippen LogP contribution >= 0.6 is 0 Å². The quantitative estimate of drug-likeness (QED) is 0.801. The van der Waals surface area contributed by atoms with Crippen molar-refractivity contribution in [3.8, 4) is 0 Å². The number of pyridine rings is 1. The number of esters is 1. The Hall–Kier alpha value is -1.82. The summed E-state index contributed by atoms with van der Waals surface area (Å²) in [6.07, 6.45) is 2.93. The van der Waals surface area contributed by atoms with E-state index in [1.165, 1.54) is 7.11 Å². The zero-order valence-electron chi connectivity index (χ0n) is 11.7. The predicted octanol–water partition coefficient (Wildman–Crippen LogP) is 1.05. The van der Waals surface area contributed by atoms with Gasteiger partial charge in [0.1, 0.15) is 0 Å². The zero-order valence-corrected chi connectivity index (χ0v) is 11.7. The summed E-state index contributed by atoms with van der Waals surface area (Å²) in [7, 11) is 1.33. The van der Waals surface area contributed by atoms with Gasteiger partial charge in [0.2, 0.25) is 0 Å². The second-order valence-electron chi connectivity index (χ2n) is 5.07. The molecule has 2 rings (SSSR count). The second kappa shape index (κ2) is 6.56. The number of aliphatic hydroxyl groups is 1. The lowest BCUT2D eigenvalue weighted by Gasteiger charge is -2.34. The number of piperidine rings is 1. The number of hydrogen-bond acceptors (Lipinski definition) is 6. The van der Waals surface area contributed by atoms with E-state index in [1.807, 2.05) is 0 Å². The van der Waals surface area contributed by atoms with Crippen LogP contribution in [0.5, 0.6) is 0 Å². The number of anilines is 2. The van der Waals surface area contributed by atoms with Gasteiger partial charge in [-0.25, -0.2) is 9.78 Å². The van der Waals surface area contributed by atoms with E-state index in [2.05, 4.69) is 14.6 Å². The number of carbonyl (C=O) groups is 1. The molecular weight excluding hydrogens is 258 g/mol. The summed E-state index contributed by atoms with van der Waals surface area (Å²) in [6.45, 7) is 1.87. The molecule has 1 saturated heterocycles. The van der Waals surface area contributed by atoms with Crippen molar-refractivity contribution in [2.45, 2.75) is 19.3 Å². The molecule has 1 fully saturated rings. The fourth-order valence-electron chi connectivity index (χ4n) is 2.61. The molecule has 110 valence electrons. The standard InChI is InChI=1S/C14H21N3O3/c1-20-14(19)12-5-4-11(15)13(16-12)17-7-2-3-10(9-17)6-8-18/h4-5,10,18H,2-3,6-9,15H2,1H3. The molecule has 1 atom stereocenters. The van der Waals surface area contributed by atoms with Gasteiger partial charge in [0.25, 0.3) is 0 Å². The Morgan fingerprint density at radius 3 is 3.10 bits per heavy atom. The summed E-state index contributed by atoms with van der Waals surface area (Å²) in [6, 6.07) is 3.25. The molecule has 2 heterocycles. The van der Waals surface area contributed by atoms with Crippen LogP contribution in [0.15, 0.2) is 12.1 Å². The predicted molar refractivity (Wildman–Crippen MR) is 76.6 cm³/mol. The van der Waals surface area contributed by atoms with E-state index in [-0.39, 0.29) is 12.3 Å². The van der Waals surface area contributed by atoms with Crippen molar-refractivity contribution >= 4 is 17.5 Å². The van der Waals surface area contributed by atoms with Gasteiger partial charge in [-0.15, -0.1) is 0 Å². The maximum Gasteiger partial charge on any atom is 0.356 e. The molecule has 1 aliphatic heterocycles. The van der Waals surface area contributed by atoms with Crippen LogP contribution in [0, 0.1) is 5.92 Å². The summed E-state index contributed by atoms with van der Waals surface area (Å²) in [5.74, 6) is 0.613. The topological polar surface area (TPSA) is 88.7 Å². The van der Waals surface area contributed by atoms with Crippen molar-refractivity contribution in [3.63, 3.8) is 0 Å². The van der Waals surface area contributed by atoms with Crippen LogP contribution in [0.3, 0.4) is 0 Å². The highest BCUT2D eigenvalue weighted by Gasteiger charge is 2.23. The molecule has 1 aromatic rings. The number of hydrogen-bond donors (Lipinski definition) is 2. The highest BCUT2D eigenvalue weighted by atomic mass is 16.5. The number of nitrogen functional groups attached to an aromatic ring is 1. The molecule has 0 saturated carbocycles. The minimum absolute atomic E-state index is 0.198. The number of carbonyl (C=O) groups excluding carboxylic acids is 1. The summed E-state index contributed by atoms with van der Waals surface area (Å²) in [5, 5.41) is 9.06.